The zero-order valence-electron chi connectivity index (χ0n) is 9.41. The van der Waals surface area contributed by atoms with Gasteiger partial charge < -0.3 is 0 Å². The van der Waals surface area contributed by atoms with E-state index in [2.05, 4.69) is 5.73 Å². The van der Waals surface area contributed by atoms with Crippen LogP contribution in [0.25, 0.3) is 0 Å². The molecule has 1 heterocycles. The normalized spacial score (nSPS) is 16.9. The SMILES string of the molecule is CC(C)=C=CCCC(=O)C1SCCCS1. The van der Waals surface area contributed by atoms with Crippen molar-refractivity contribution < 1.29 is 4.79 Å². The number of ketones is 1. The van der Waals surface area contributed by atoms with Gasteiger partial charge in [0.25, 0.3) is 0 Å². The van der Waals surface area contributed by atoms with E-state index in [1.54, 1.807) is 0 Å². The minimum atomic E-state index is 0.207. The largest absolute Gasteiger partial charge is 0.297 e. The Morgan fingerprint density at radius 2 is 2.07 bits per heavy atom. The molecule has 0 N–H and O–H groups in total. The summed E-state index contributed by atoms with van der Waals surface area (Å²) in [5, 5.41) is 0. The molecule has 1 nitrogen and oxygen atoms in total. The minimum absolute atomic E-state index is 0.207. The van der Waals surface area contributed by atoms with Crippen LogP contribution in [0.5, 0.6) is 0 Å². The summed E-state index contributed by atoms with van der Waals surface area (Å²) in [7, 11) is 0. The summed E-state index contributed by atoms with van der Waals surface area (Å²) in [4.78, 5) is 11.7. The smallest absolute Gasteiger partial charge is 0.156 e. The van der Waals surface area contributed by atoms with E-state index in [-0.39, 0.29) is 4.58 Å². The second-order valence-electron chi connectivity index (χ2n) is 3.78. The van der Waals surface area contributed by atoms with Crippen molar-refractivity contribution in [2.45, 2.75) is 37.7 Å². The molecule has 0 spiro atoms. The maximum atomic E-state index is 11.7. The van der Waals surface area contributed by atoms with Crippen LogP contribution in [0, 0.1) is 0 Å². The molecule has 0 atom stereocenters. The average molecular weight is 242 g/mol. The summed E-state index contributed by atoms with van der Waals surface area (Å²) < 4.78 is 0.207. The van der Waals surface area contributed by atoms with E-state index in [0.717, 1.165) is 17.9 Å². The lowest BCUT2D eigenvalue weighted by Crippen LogP contribution is -2.17. The Labute approximate surface area is 101 Å². The third-order valence-corrected chi connectivity index (χ3v) is 5.01. The highest BCUT2D eigenvalue weighted by molar-refractivity contribution is 8.18. The first-order chi connectivity index (χ1) is 7.20. The highest BCUT2D eigenvalue weighted by Gasteiger charge is 2.21. The van der Waals surface area contributed by atoms with Gasteiger partial charge in [0, 0.05) is 6.42 Å². The third-order valence-electron chi connectivity index (χ3n) is 2.02. The summed E-state index contributed by atoms with van der Waals surface area (Å²) >= 11 is 3.62. The van der Waals surface area contributed by atoms with E-state index in [1.807, 2.05) is 43.4 Å². The molecule has 0 radical (unpaired) electrons. The Morgan fingerprint density at radius 1 is 1.40 bits per heavy atom. The lowest BCUT2D eigenvalue weighted by molar-refractivity contribution is -0.117. The molecule has 1 aliphatic heterocycles. The summed E-state index contributed by atoms with van der Waals surface area (Å²) in [6, 6.07) is 0. The lowest BCUT2D eigenvalue weighted by Gasteiger charge is -2.18. The number of rotatable bonds is 4. The monoisotopic (exact) mass is 242 g/mol. The van der Waals surface area contributed by atoms with Crippen molar-refractivity contribution in [1.29, 1.82) is 0 Å². The lowest BCUT2D eigenvalue weighted by atomic mass is 10.2. The minimum Gasteiger partial charge on any atom is -0.297 e. The van der Waals surface area contributed by atoms with Gasteiger partial charge in [-0.25, -0.2) is 0 Å². The maximum Gasteiger partial charge on any atom is 0.156 e. The van der Waals surface area contributed by atoms with Crippen molar-refractivity contribution in [2.24, 2.45) is 0 Å². The van der Waals surface area contributed by atoms with Crippen LogP contribution in [0.15, 0.2) is 17.4 Å². The van der Waals surface area contributed by atoms with Crippen LogP contribution in [-0.2, 0) is 4.79 Å². The Hall–Kier alpha value is -0.110. The number of hydrogen-bond donors (Lipinski definition) is 0. The Kier molecular flexibility index (Phi) is 6.23. The fourth-order valence-electron chi connectivity index (χ4n) is 1.28. The molecule has 84 valence electrons. The predicted molar refractivity (Wildman–Crippen MR) is 70.5 cm³/mol. The van der Waals surface area contributed by atoms with E-state index in [1.165, 1.54) is 12.0 Å². The van der Waals surface area contributed by atoms with Crippen molar-refractivity contribution >= 4 is 29.3 Å². The number of allylic oxidation sites excluding steroid dienone is 1. The van der Waals surface area contributed by atoms with Crippen molar-refractivity contribution in [3.8, 4) is 0 Å². The molecular formula is C12H18OS2. The molecule has 1 saturated heterocycles. The molecule has 0 aromatic heterocycles. The molecule has 0 aromatic rings. The average Bonchev–Trinajstić information content (AvgIpc) is 2.25. The first-order valence-corrected chi connectivity index (χ1v) is 7.44. The number of thioether (sulfide) groups is 2. The topological polar surface area (TPSA) is 17.1 Å². The van der Waals surface area contributed by atoms with Gasteiger partial charge in [-0.15, -0.1) is 29.3 Å². The molecule has 0 bridgehead atoms. The fourth-order valence-corrected chi connectivity index (χ4v) is 4.08. The molecule has 0 aliphatic carbocycles. The summed E-state index contributed by atoms with van der Waals surface area (Å²) in [6.07, 6.45) is 4.73. The molecule has 0 amide bonds. The van der Waals surface area contributed by atoms with Gasteiger partial charge in [-0.2, -0.15) is 0 Å². The van der Waals surface area contributed by atoms with Gasteiger partial charge in [0.05, 0.1) is 0 Å². The zero-order valence-corrected chi connectivity index (χ0v) is 11.0. The quantitative estimate of drug-likeness (QED) is 0.700. The molecule has 3 heteroatoms. The number of carbonyl (C=O) groups excluding carboxylic acids is 1. The van der Waals surface area contributed by atoms with Crippen LogP contribution in [0.1, 0.15) is 33.1 Å². The van der Waals surface area contributed by atoms with Gasteiger partial charge in [-0.1, -0.05) is 0 Å². The highest BCUT2D eigenvalue weighted by atomic mass is 32.2. The van der Waals surface area contributed by atoms with Crippen LogP contribution in [0.4, 0.5) is 0 Å². The summed E-state index contributed by atoms with van der Waals surface area (Å²) in [5.41, 5.74) is 4.30. The molecule has 1 aliphatic rings. The maximum absolute atomic E-state index is 11.7. The Morgan fingerprint density at radius 3 is 2.67 bits per heavy atom. The van der Waals surface area contributed by atoms with Crippen LogP contribution < -0.4 is 0 Å². The first kappa shape index (κ1) is 13.0. The molecule has 0 aromatic carbocycles. The van der Waals surface area contributed by atoms with Crippen LogP contribution in [-0.4, -0.2) is 21.9 Å². The number of Topliss-reactive ketones (excluding diaryl/α,β-unsaturated/α-hetero) is 1. The summed E-state index contributed by atoms with van der Waals surface area (Å²) in [6.45, 7) is 4.04. The highest BCUT2D eigenvalue weighted by Crippen LogP contribution is 2.31. The van der Waals surface area contributed by atoms with Crippen LogP contribution >= 0.6 is 23.5 Å². The van der Waals surface area contributed by atoms with E-state index < -0.39 is 0 Å². The predicted octanol–water partition coefficient (Wildman–Crippen LogP) is 3.65. The van der Waals surface area contributed by atoms with Crippen molar-refractivity contribution in [2.75, 3.05) is 11.5 Å². The van der Waals surface area contributed by atoms with Crippen molar-refractivity contribution in [1.82, 2.24) is 0 Å². The Balaban J connectivity index is 2.26. The van der Waals surface area contributed by atoms with E-state index in [9.17, 15) is 4.79 Å². The van der Waals surface area contributed by atoms with Gasteiger partial charge in [-0.3, -0.25) is 4.79 Å². The molecule has 0 saturated carbocycles. The molecule has 1 rings (SSSR count). The van der Waals surface area contributed by atoms with Gasteiger partial charge in [-0.05, 0) is 49.8 Å². The molecule has 15 heavy (non-hydrogen) atoms. The number of hydrogen-bond acceptors (Lipinski definition) is 3. The first-order valence-electron chi connectivity index (χ1n) is 5.34. The number of carbonyl (C=O) groups is 1. The second-order valence-corrected chi connectivity index (χ2v) is 6.50. The standard InChI is InChI=1S/C12H18OS2/c1-10(2)6-3-4-7-11(13)12-14-8-5-9-15-12/h3,12H,4-5,7-9H2,1-2H3. The van der Waals surface area contributed by atoms with Gasteiger partial charge in [0.1, 0.15) is 4.58 Å². The van der Waals surface area contributed by atoms with E-state index >= 15 is 0 Å². The van der Waals surface area contributed by atoms with Crippen LogP contribution in [0.3, 0.4) is 0 Å². The zero-order chi connectivity index (χ0) is 11.1. The fraction of sp³-hybridized carbons (Fsp3) is 0.667. The van der Waals surface area contributed by atoms with E-state index in [4.69, 9.17) is 0 Å². The van der Waals surface area contributed by atoms with Crippen molar-refractivity contribution in [3.63, 3.8) is 0 Å². The van der Waals surface area contributed by atoms with Crippen molar-refractivity contribution in [3.05, 3.63) is 17.4 Å². The van der Waals surface area contributed by atoms with Gasteiger partial charge in [0.2, 0.25) is 0 Å². The van der Waals surface area contributed by atoms with E-state index in [0.29, 0.717) is 12.2 Å². The van der Waals surface area contributed by atoms with Gasteiger partial charge in [0.15, 0.2) is 5.78 Å². The molecule has 1 fully saturated rings. The second kappa shape index (κ2) is 7.21. The van der Waals surface area contributed by atoms with Gasteiger partial charge >= 0.3 is 0 Å². The molecular weight excluding hydrogens is 224 g/mol. The summed E-state index contributed by atoms with van der Waals surface area (Å²) in [5.74, 6) is 2.69. The Bertz CT molecular complexity index is 267. The third kappa shape index (κ3) is 5.50. The van der Waals surface area contributed by atoms with Crippen LogP contribution in [0.2, 0.25) is 0 Å². The molecule has 0 unspecified atom stereocenters.